The molecule has 0 aromatic carbocycles. The standard InChI is InChI=1S/C13H24N2O5S/c1-13(2)8-15(6-9(7-16)20-13)12(19)14-10(11(17)18)4-5-21-3/h9-10,16H,4-8H2,1-3H3,(H,14,19)(H,17,18)/t9?,10-/m1/s1. The molecule has 1 aliphatic rings. The zero-order valence-electron chi connectivity index (χ0n) is 12.7. The van der Waals surface area contributed by atoms with Gasteiger partial charge in [0.15, 0.2) is 0 Å². The second-order valence-corrected chi connectivity index (χ2v) is 6.67. The summed E-state index contributed by atoms with van der Waals surface area (Å²) in [5.41, 5.74) is -0.568. The van der Waals surface area contributed by atoms with Gasteiger partial charge in [-0.15, -0.1) is 0 Å². The predicted molar refractivity (Wildman–Crippen MR) is 80.6 cm³/mol. The van der Waals surface area contributed by atoms with Crippen LogP contribution in [0.25, 0.3) is 0 Å². The first-order chi connectivity index (χ1) is 9.79. The van der Waals surface area contributed by atoms with E-state index < -0.39 is 29.7 Å². The van der Waals surface area contributed by atoms with Crippen molar-refractivity contribution in [3.8, 4) is 0 Å². The Hall–Kier alpha value is -0.990. The van der Waals surface area contributed by atoms with Gasteiger partial charge in [-0.05, 0) is 32.3 Å². The Balaban J connectivity index is 2.65. The molecule has 2 amide bonds. The molecule has 122 valence electrons. The van der Waals surface area contributed by atoms with Crippen LogP contribution >= 0.6 is 11.8 Å². The fourth-order valence-corrected chi connectivity index (χ4v) is 2.75. The summed E-state index contributed by atoms with van der Waals surface area (Å²) in [5.74, 6) is -0.380. The Morgan fingerprint density at radius 3 is 2.71 bits per heavy atom. The summed E-state index contributed by atoms with van der Waals surface area (Å²) in [6.07, 6.45) is 1.81. The Morgan fingerprint density at radius 2 is 2.19 bits per heavy atom. The number of urea groups is 1. The number of carboxylic acids is 1. The van der Waals surface area contributed by atoms with Gasteiger partial charge in [0.05, 0.1) is 31.4 Å². The van der Waals surface area contributed by atoms with Crippen molar-refractivity contribution in [2.75, 3.05) is 31.7 Å². The number of aliphatic hydroxyl groups is 1. The van der Waals surface area contributed by atoms with Gasteiger partial charge < -0.3 is 25.2 Å². The maximum atomic E-state index is 12.2. The predicted octanol–water partition coefficient (Wildman–Crippen LogP) is 0.374. The van der Waals surface area contributed by atoms with Crippen molar-refractivity contribution in [1.29, 1.82) is 0 Å². The van der Waals surface area contributed by atoms with Gasteiger partial charge in [-0.3, -0.25) is 0 Å². The number of thioether (sulfide) groups is 1. The van der Waals surface area contributed by atoms with Gasteiger partial charge in [-0.1, -0.05) is 0 Å². The van der Waals surface area contributed by atoms with Crippen molar-refractivity contribution in [1.82, 2.24) is 10.2 Å². The highest BCUT2D eigenvalue weighted by Crippen LogP contribution is 2.21. The highest BCUT2D eigenvalue weighted by atomic mass is 32.2. The molecule has 2 atom stereocenters. The van der Waals surface area contributed by atoms with Crippen molar-refractivity contribution >= 4 is 23.8 Å². The normalized spacial score (nSPS) is 22.7. The average molecular weight is 320 g/mol. The maximum Gasteiger partial charge on any atom is 0.326 e. The number of rotatable bonds is 6. The lowest BCUT2D eigenvalue weighted by Crippen LogP contribution is -2.59. The number of nitrogens with zero attached hydrogens (tertiary/aromatic N) is 1. The van der Waals surface area contributed by atoms with Gasteiger partial charge in [-0.2, -0.15) is 11.8 Å². The van der Waals surface area contributed by atoms with E-state index in [2.05, 4.69) is 5.32 Å². The number of carbonyl (C=O) groups excluding carboxylic acids is 1. The Bertz CT molecular complexity index is 378. The molecular formula is C13H24N2O5S. The van der Waals surface area contributed by atoms with E-state index in [1.807, 2.05) is 20.1 Å². The summed E-state index contributed by atoms with van der Waals surface area (Å²) in [5, 5.41) is 20.9. The fraction of sp³-hybridized carbons (Fsp3) is 0.846. The molecular weight excluding hydrogens is 296 g/mol. The van der Waals surface area contributed by atoms with Crippen molar-refractivity contribution in [2.24, 2.45) is 0 Å². The topological polar surface area (TPSA) is 99.1 Å². The third-order valence-electron chi connectivity index (χ3n) is 3.18. The van der Waals surface area contributed by atoms with E-state index in [1.165, 1.54) is 16.7 Å². The van der Waals surface area contributed by atoms with Crippen molar-refractivity contribution < 1.29 is 24.5 Å². The number of aliphatic carboxylic acids is 1. The number of ether oxygens (including phenoxy) is 1. The van der Waals surface area contributed by atoms with E-state index >= 15 is 0 Å². The molecule has 1 saturated heterocycles. The van der Waals surface area contributed by atoms with Crippen LogP contribution in [-0.4, -0.2) is 76.6 Å². The molecule has 1 aliphatic heterocycles. The van der Waals surface area contributed by atoms with Crippen LogP contribution in [0.1, 0.15) is 20.3 Å². The first-order valence-corrected chi connectivity index (χ1v) is 8.24. The minimum absolute atomic E-state index is 0.179. The Morgan fingerprint density at radius 1 is 1.52 bits per heavy atom. The molecule has 21 heavy (non-hydrogen) atoms. The van der Waals surface area contributed by atoms with Crippen molar-refractivity contribution in [3.05, 3.63) is 0 Å². The van der Waals surface area contributed by atoms with Crippen LogP contribution in [0.4, 0.5) is 4.79 Å². The van der Waals surface area contributed by atoms with Crippen molar-refractivity contribution in [3.63, 3.8) is 0 Å². The van der Waals surface area contributed by atoms with Gasteiger partial charge in [0.25, 0.3) is 0 Å². The smallest absolute Gasteiger partial charge is 0.326 e. The zero-order chi connectivity index (χ0) is 16.0. The number of morpholine rings is 1. The summed E-state index contributed by atoms with van der Waals surface area (Å²) in [6, 6.07) is -1.33. The molecule has 0 bridgehead atoms. The van der Waals surface area contributed by atoms with E-state index in [-0.39, 0.29) is 13.2 Å². The Kier molecular flexibility index (Phi) is 6.76. The van der Waals surface area contributed by atoms with Gasteiger partial charge in [0, 0.05) is 0 Å². The number of hydrogen-bond acceptors (Lipinski definition) is 5. The molecule has 0 saturated carbocycles. The van der Waals surface area contributed by atoms with Crippen LogP contribution in [0, 0.1) is 0 Å². The molecule has 3 N–H and O–H groups in total. The van der Waals surface area contributed by atoms with Gasteiger partial charge in [-0.25, -0.2) is 9.59 Å². The van der Waals surface area contributed by atoms with Crippen molar-refractivity contribution in [2.45, 2.75) is 38.0 Å². The number of carboxylic acid groups (broad SMARTS) is 1. The number of aliphatic hydroxyl groups excluding tert-OH is 1. The quantitative estimate of drug-likeness (QED) is 0.654. The molecule has 0 aromatic heterocycles. The summed E-state index contributed by atoms with van der Waals surface area (Å²) in [7, 11) is 0. The summed E-state index contributed by atoms with van der Waals surface area (Å²) < 4.78 is 5.63. The summed E-state index contributed by atoms with van der Waals surface area (Å²) >= 11 is 1.53. The minimum Gasteiger partial charge on any atom is -0.480 e. The largest absolute Gasteiger partial charge is 0.480 e. The van der Waals surface area contributed by atoms with Crippen LogP contribution in [0.15, 0.2) is 0 Å². The van der Waals surface area contributed by atoms with Gasteiger partial charge in [0.2, 0.25) is 0 Å². The SMILES string of the molecule is CSCC[C@@H](NC(=O)N1CC(CO)OC(C)(C)C1)C(=O)O. The van der Waals surface area contributed by atoms with E-state index in [0.717, 1.165) is 0 Å². The number of hydrogen-bond donors (Lipinski definition) is 3. The number of amides is 2. The lowest BCUT2D eigenvalue weighted by Gasteiger charge is -2.42. The maximum absolute atomic E-state index is 12.2. The van der Waals surface area contributed by atoms with E-state index in [1.54, 1.807) is 0 Å². The molecule has 1 unspecified atom stereocenters. The van der Waals surface area contributed by atoms with E-state index in [4.69, 9.17) is 9.84 Å². The average Bonchev–Trinajstić information content (AvgIpc) is 2.40. The molecule has 0 aliphatic carbocycles. The lowest BCUT2D eigenvalue weighted by atomic mass is 10.1. The molecule has 8 heteroatoms. The monoisotopic (exact) mass is 320 g/mol. The van der Waals surface area contributed by atoms with Crippen LogP contribution < -0.4 is 5.32 Å². The number of carbonyl (C=O) groups is 2. The van der Waals surface area contributed by atoms with Gasteiger partial charge >= 0.3 is 12.0 Å². The number of nitrogens with one attached hydrogen (secondary N) is 1. The molecule has 0 radical (unpaired) electrons. The molecule has 1 fully saturated rings. The van der Waals surface area contributed by atoms with Crippen LogP contribution in [0.5, 0.6) is 0 Å². The van der Waals surface area contributed by atoms with E-state index in [9.17, 15) is 14.7 Å². The fourth-order valence-electron chi connectivity index (χ4n) is 2.28. The lowest BCUT2D eigenvalue weighted by molar-refractivity contribution is -0.141. The molecule has 1 heterocycles. The highest BCUT2D eigenvalue weighted by molar-refractivity contribution is 7.98. The Labute approximate surface area is 129 Å². The van der Waals surface area contributed by atoms with Crippen LogP contribution in [0.2, 0.25) is 0 Å². The highest BCUT2D eigenvalue weighted by Gasteiger charge is 2.36. The molecule has 0 aromatic rings. The zero-order valence-corrected chi connectivity index (χ0v) is 13.5. The van der Waals surface area contributed by atoms with Crippen LogP contribution in [0.3, 0.4) is 0 Å². The first kappa shape index (κ1) is 18.1. The second-order valence-electron chi connectivity index (χ2n) is 5.68. The third kappa shape index (κ3) is 5.72. The van der Waals surface area contributed by atoms with Crippen LogP contribution in [-0.2, 0) is 9.53 Å². The molecule has 0 spiro atoms. The first-order valence-electron chi connectivity index (χ1n) is 6.85. The third-order valence-corrected chi connectivity index (χ3v) is 3.82. The van der Waals surface area contributed by atoms with Gasteiger partial charge in [0.1, 0.15) is 6.04 Å². The second kappa shape index (κ2) is 7.86. The summed E-state index contributed by atoms with van der Waals surface area (Å²) in [6.45, 7) is 4.09. The summed E-state index contributed by atoms with van der Waals surface area (Å²) in [4.78, 5) is 24.9. The van der Waals surface area contributed by atoms with E-state index in [0.29, 0.717) is 18.7 Å². The minimum atomic E-state index is -1.04. The molecule has 7 nitrogen and oxygen atoms in total. The molecule has 1 rings (SSSR count).